The SMILES string of the molecule is Fc1ccc(Cl)cc1.NC(=O)c1nc(NC(=O)c2cc(F)cc(C(F)(F)F)c2)c2n1CC(=O)NC2. The summed E-state index contributed by atoms with van der Waals surface area (Å²) in [5, 5.41) is 5.25. The molecule has 0 aliphatic carbocycles. The Kier molecular flexibility index (Phi) is 7.39. The molecule has 1 aliphatic rings. The van der Waals surface area contributed by atoms with Crippen molar-refractivity contribution in [1.29, 1.82) is 0 Å². The Bertz CT molecular complexity index is 1270. The van der Waals surface area contributed by atoms with Crippen LogP contribution in [0.5, 0.6) is 0 Å². The molecule has 0 fully saturated rings. The lowest BCUT2D eigenvalue weighted by Crippen LogP contribution is -2.36. The lowest BCUT2D eigenvalue weighted by molar-refractivity contribution is -0.137. The molecule has 8 nitrogen and oxygen atoms in total. The van der Waals surface area contributed by atoms with Gasteiger partial charge in [-0.15, -0.1) is 0 Å². The van der Waals surface area contributed by atoms with Crippen LogP contribution in [0.4, 0.5) is 27.8 Å². The number of aromatic nitrogens is 2. The van der Waals surface area contributed by atoms with E-state index in [4.69, 9.17) is 17.3 Å². The maximum atomic E-state index is 13.5. The van der Waals surface area contributed by atoms with Crippen LogP contribution in [0.3, 0.4) is 0 Å². The molecule has 0 unspecified atom stereocenters. The van der Waals surface area contributed by atoms with Gasteiger partial charge in [0.15, 0.2) is 5.82 Å². The number of carbonyl (C=O) groups is 3. The van der Waals surface area contributed by atoms with Gasteiger partial charge in [0, 0.05) is 10.6 Å². The van der Waals surface area contributed by atoms with Crippen LogP contribution in [-0.4, -0.2) is 27.3 Å². The van der Waals surface area contributed by atoms with Crippen molar-refractivity contribution in [3.8, 4) is 0 Å². The minimum Gasteiger partial charge on any atom is -0.363 e. The van der Waals surface area contributed by atoms with Crippen molar-refractivity contribution < 1.29 is 36.3 Å². The molecule has 1 aliphatic heterocycles. The maximum absolute atomic E-state index is 13.5. The number of rotatable bonds is 3. The van der Waals surface area contributed by atoms with Crippen molar-refractivity contribution >= 4 is 35.1 Å². The minimum atomic E-state index is -4.84. The monoisotopic (exact) mass is 515 g/mol. The van der Waals surface area contributed by atoms with E-state index in [0.29, 0.717) is 17.2 Å². The molecule has 3 aromatic rings. The van der Waals surface area contributed by atoms with Crippen molar-refractivity contribution in [3.05, 3.63) is 81.8 Å². The normalized spacial score (nSPS) is 12.7. The Morgan fingerprint density at radius 1 is 1.09 bits per heavy atom. The standard InChI is InChI=1S/C15H11F4N5O3.C6H4ClF/c16-8-2-6(1-7(3-8)15(17,18)19)14(27)23-12-9-4-21-10(25)5-24(9)13(22-12)11(20)26;7-5-1-3-6(8)4-2-5/h1-3H,4-5H2,(H2,20,26)(H,21,25)(H,23,27);1-4H. The smallest absolute Gasteiger partial charge is 0.363 e. The highest BCUT2D eigenvalue weighted by atomic mass is 35.5. The summed E-state index contributed by atoms with van der Waals surface area (Å²) >= 11 is 5.44. The molecule has 184 valence electrons. The van der Waals surface area contributed by atoms with E-state index in [2.05, 4.69) is 15.6 Å². The molecule has 0 bridgehead atoms. The minimum absolute atomic E-state index is 0.0916. The predicted molar refractivity (Wildman–Crippen MR) is 113 cm³/mol. The fourth-order valence-electron chi connectivity index (χ4n) is 3.00. The molecule has 35 heavy (non-hydrogen) atoms. The van der Waals surface area contributed by atoms with Crippen LogP contribution >= 0.6 is 11.6 Å². The van der Waals surface area contributed by atoms with Crippen LogP contribution in [0.2, 0.25) is 5.02 Å². The Hall–Kier alpha value is -4.00. The van der Waals surface area contributed by atoms with Crippen LogP contribution in [0.25, 0.3) is 0 Å². The summed E-state index contributed by atoms with van der Waals surface area (Å²) in [7, 11) is 0. The van der Waals surface area contributed by atoms with Gasteiger partial charge in [-0.1, -0.05) is 11.6 Å². The van der Waals surface area contributed by atoms with E-state index in [1.165, 1.54) is 28.8 Å². The number of amides is 3. The average molecular weight is 516 g/mol. The molecule has 0 atom stereocenters. The lowest BCUT2D eigenvalue weighted by Gasteiger charge is -2.17. The second kappa shape index (κ2) is 10.1. The number of halogens is 6. The van der Waals surface area contributed by atoms with Gasteiger partial charge < -0.3 is 20.9 Å². The molecule has 0 spiro atoms. The van der Waals surface area contributed by atoms with Gasteiger partial charge in [-0.05, 0) is 42.5 Å². The maximum Gasteiger partial charge on any atom is 0.416 e. The number of anilines is 1. The van der Waals surface area contributed by atoms with Gasteiger partial charge in [0.2, 0.25) is 11.7 Å². The van der Waals surface area contributed by atoms with Crippen molar-refractivity contribution in [3.63, 3.8) is 0 Å². The van der Waals surface area contributed by atoms with E-state index in [1.807, 2.05) is 0 Å². The first kappa shape index (κ1) is 25.6. The highest BCUT2D eigenvalue weighted by molar-refractivity contribution is 6.30. The number of alkyl halides is 3. The Morgan fingerprint density at radius 2 is 1.74 bits per heavy atom. The number of fused-ring (bicyclic) bond motifs is 1. The summed E-state index contributed by atoms with van der Waals surface area (Å²) in [5.74, 6) is -4.43. The van der Waals surface area contributed by atoms with Crippen LogP contribution in [0.1, 0.15) is 32.2 Å². The summed E-state index contributed by atoms with van der Waals surface area (Å²) in [6, 6.07) is 7.04. The summed E-state index contributed by atoms with van der Waals surface area (Å²) in [6.45, 7) is -0.361. The first-order chi connectivity index (χ1) is 16.3. The van der Waals surface area contributed by atoms with Gasteiger partial charge >= 0.3 is 6.18 Å². The number of carbonyl (C=O) groups excluding carboxylic acids is 3. The van der Waals surface area contributed by atoms with Crippen molar-refractivity contribution in [2.45, 2.75) is 19.3 Å². The highest BCUT2D eigenvalue weighted by Gasteiger charge is 2.32. The second-order valence-corrected chi connectivity index (χ2v) is 7.51. The van der Waals surface area contributed by atoms with E-state index in [-0.39, 0.29) is 42.3 Å². The number of imidazole rings is 1. The average Bonchev–Trinajstić information content (AvgIpc) is 3.13. The molecule has 4 rings (SSSR count). The second-order valence-electron chi connectivity index (χ2n) is 7.07. The fraction of sp³-hybridized carbons (Fsp3) is 0.143. The lowest BCUT2D eigenvalue weighted by atomic mass is 10.1. The number of hydrogen-bond donors (Lipinski definition) is 3. The number of primary amides is 1. The van der Waals surface area contributed by atoms with Crippen LogP contribution in [0.15, 0.2) is 42.5 Å². The fourth-order valence-corrected chi connectivity index (χ4v) is 3.13. The van der Waals surface area contributed by atoms with Gasteiger partial charge in [0.1, 0.15) is 18.2 Å². The Labute approximate surface area is 198 Å². The number of benzene rings is 2. The van der Waals surface area contributed by atoms with E-state index >= 15 is 0 Å². The van der Waals surface area contributed by atoms with Crippen molar-refractivity contribution in [2.24, 2.45) is 5.73 Å². The summed E-state index contributed by atoms with van der Waals surface area (Å²) < 4.78 is 65.0. The summed E-state index contributed by atoms with van der Waals surface area (Å²) in [6.07, 6.45) is -4.84. The third-order valence-electron chi connectivity index (χ3n) is 4.57. The number of hydrogen-bond acceptors (Lipinski definition) is 4. The molecular weight excluding hydrogens is 501 g/mol. The highest BCUT2D eigenvalue weighted by Crippen LogP contribution is 2.31. The summed E-state index contributed by atoms with van der Waals surface area (Å²) in [5.41, 5.74) is 3.49. The zero-order valence-corrected chi connectivity index (χ0v) is 18.2. The third kappa shape index (κ3) is 6.32. The molecular formula is C21H15ClF5N5O3. The van der Waals surface area contributed by atoms with E-state index in [0.717, 1.165) is 0 Å². The van der Waals surface area contributed by atoms with Gasteiger partial charge in [-0.2, -0.15) is 13.2 Å². The predicted octanol–water partition coefficient (Wildman–Crippen LogP) is 3.50. The largest absolute Gasteiger partial charge is 0.416 e. The van der Waals surface area contributed by atoms with E-state index in [1.54, 1.807) is 0 Å². The topological polar surface area (TPSA) is 119 Å². The first-order valence-corrected chi connectivity index (χ1v) is 9.99. The molecule has 0 radical (unpaired) electrons. The van der Waals surface area contributed by atoms with Gasteiger partial charge in [-0.25, -0.2) is 13.8 Å². The number of nitrogens with one attached hydrogen (secondary N) is 2. The molecule has 1 aromatic heterocycles. The third-order valence-corrected chi connectivity index (χ3v) is 4.82. The van der Waals surface area contributed by atoms with Crippen LogP contribution in [-0.2, 0) is 24.1 Å². The summed E-state index contributed by atoms with van der Waals surface area (Å²) in [4.78, 5) is 39.1. The zero-order valence-electron chi connectivity index (χ0n) is 17.4. The number of nitrogens with two attached hydrogens (primary N) is 1. The van der Waals surface area contributed by atoms with Gasteiger partial charge in [0.25, 0.3) is 11.8 Å². The quantitative estimate of drug-likeness (QED) is 0.463. The molecule has 0 saturated carbocycles. The van der Waals surface area contributed by atoms with E-state index < -0.39 is 40.8 Å². The Morgan fingerprint density at radius 3 is 2.31 bits per heavy atom. The molecule has 14 heteroatoms. The van der Waals surface area contributed by atoms with Gasteiger partial charge in [0.05, 0.1) is 17.8 Å². The molecule has 2 aromatic carbocycles. The van der Waals surface area contributed by atoms with E-state index in [9.17, 15) is 36.3 Å². The molecule has 4 N–H and O–H groups in total. The van der Waals surface area contributed by atoms with Crippen molar-refractivity contribution in [1.82, 2.24) is 14.9 Å². The Balaban J connectivity index is 0.000000363. The van der Waals surface area contributed by atoms with Crippen molar-refractivity contribution in [2.75, 3.05) is 5.32 Å². The van der Waals surface area contributed by atoms with Gasteiger partial charge in [-0.3, -0.25) is 14.4 Å². The molecule has 3 amide bonds. The van der Waals surface area contributed by atoms with Crippen LogP contribution < -0.4 is 16.4 Å². The molecule has 2 heterocycles. The zero-order chi connectivity index (χ0) is 25.9. The first-order valence-electron chi connectivity index (χ1n) is 9.61. The molecule has 0 saturated heterocycles. The number of nitrogens with zero attached hydrogens (tertiary/aromatic N) is 2. The van der Waals surface area contributed by atoms with Crippen LogP contribution in [0, 0.1) is 11.6 Å².